The van der Waals surface area contributed by atoms with Crippen molar-refractivity contribution in [3.8, 4) is 11.5 Å². The van der Waals surface area contributed by atoms with Crippen molar-refractivity contribution in [3.05, 3.63) is 70.8 Å². The summed E-state index contributed by atoms with van der Waals surface area (Å²) in [6, 6.07) is 10.2. The first-order chi connectivity index (χ1) is 18.7. The molecular formula is C28H34ClN3O7. The Kier molecular flexibility index (Phi) is 13.0. The van der Waals surface area contributed by atoms with Crippen molar-refractivity contribution in [3.63, 3.8) is 0 Å². The van der Waals surface area contributed by atoms with Gasteiger partial charge in [-0.15, -0.1) is 0 Å². The molecule has 3 N–H and O–H groups in total. The molecule has 210 valence electrons. The number of nitrogens with zero attached hydrogens (tertiary/aromatic N) is 1. The van der Waals surface area contributed by atoms with Crippen molar-refractivity contribution in [2.75, 3.05) is 27.4 Å². The lowest BCUT2D eigenvalue weighted by Crippen LogP contribution is -2.48. The van der Waals surface area contributed by atoms with Crippen molar-refractivity contribution in [2.45, 2.75) is 38.4 Å². The number of nitrogens with two attached hydrogens (primary N) is 1. The van der Waals surface area contributed by atoms with Gasteiger partial charge in [0, 0.05) is 24.5 Å². The molecule has 2 amide bonds. The summed E-state index contributed by atoms with van der Waals surface area (Å²) in [6.07, 6.45) is 4.19. The molecule has 0 fully saturated rings. The van der Waals surface area contributed by atoms with Gasteiger partial charge in [-0.2, -0.15) is 0 Å². The quantitative estimate of drug-likeness (QED) is 0.193. The number of esters is 1. The highest BCUT2D eigenvalue weighted by Crippen LogP contribution is 2.22. The number of ether oxygens (including phenoxy) is 3. The Morgan fingerprint density at radius 1 is 1.10 bits per heavy atom. The lowest BCUT2D eigenvalue weighted by atomic mass is 10.1. The van der Waals surface area contributed by atoms with Gasteiger partial charge in [-0.25, -0.2) is 4.79 Å². The van der Waals surface area contributed by atoms with Crippen LogP contribution in [0.3, 0.4) is 0 Å². The van der Waals surface area contributed by atoms with Gasteiger partial charge < -0.3 is 30.2 Å². The van der Waals surface area contributed by atoms with Gasteiger partial charge in [-0.1, -0.05) is 29.8 Å². The Labute approximate surface area is 233 Å². The normalized spacial score (nSPS) is 12.3. The monoisotopic (exact) mass is 559 g/mol. The van der Waals surface area contributed by atoms with Crippen LogP contribution < -0.4 is 20.5 Å². The number of hydrogen-bond acceptors (Lipinski definition) is 8. The summed E-state index contributed by atoms with van der Waals surface area (Å²) in [4.78, 5) is 50.2. The van der Waals surface area contributed by atoms with E-state index in [2.05, 4.69) is 5.32 Å². The number of rotatable bonds is 15. The molecule has 2 atom stereocenters. The first-order valence-corrected chi connectivity index (χ1v) is 12.6. The second-order valence-corrected chi connectivity index (χ2v) is 9.05. The van der Waals surface area contributed by atoms with Crippen molar-refractivity contribution < 1.29 is 33.4 Å². The molecule has 0 saturated heterocycles. The zero-order valence-corrected chi connectivity index (χ0v) is 23.0. The molecule has 0 radical (unpaired) electrons. The van der Waals surface area contributed by atoms with E-state index in [0.29, 0.717) is 34.9 Å². The number of benzene rings is 2. The predicted octanol–water partition coefficient (Wildman–Crippen LogP) is 2.91. The van der Waals surface area contributed by atoms with Gasteiger partial charge in [0.2, 0.25) is 11.8 Å². The lowest BCUT2D eigenvalue weighted by molar-refractivity contribution is -0.145. The van der Waals surface area contributed by atoms with Gasteiger partial charge in [0.1, 0.15) is 24.1 Å². The molecule has 0 bridgehead atoms. The first-order valence-electron chi connectivity index (χ1n) is 12.3. The zero-order valence-electron chi connectivity index (χ0n) is 22.2. The van der Waals surface area contributed by atoms with Gasteiger partial charge in [-0.05, 0) is 55.3 Å². The van der Waals surface area contributed by atoms with E-state index in [1.807, 2.05) is 12.1 Å². The largest absolute Gasteiger partial charge is 0.497 e. The average molecular weight is 560 g/mol. The van der Waals surface area contributed by atoms with Crippen LogP contribution in [0, 0.1) is 0 Å². The van der Waals surface area contributed by atoms with Crippen LogP contribution in [-0.4, -0.2) is 68.4 Å². The molecule has 0 aliphatic heterocycles. The number of amides is 2. The zero-order chi connectivity index (χ0) is 28.8. The number of halogens is 1. The predicted molar refractivity (Wildman–Crippen MR) is 147 cm³/mol. The van der Waals surface area contributed by atoms with Crippen LogP contribution >= 0.6 is 11.6 Å². The summed E-state index contributed by atoms with van der Waals surface area (Å²) in [5.41, 5.74) is 6.84. The first kappa shape index (κ1) is 31.3. The average Bonchev–Trinajstić information content (AvgIpc) is 2.94. The molecular weight excluding hydrogens is 526 g/mol. The van der Waals surface area contributed by atoms with Gasteiger partial charge in [0.05, 0.1) is 25.8 Å². The van der Waals surface area contributed by atoms with Crippen LogP contribution in [0.15, 0.2) is 54.6 Å². The van der Waals surface area contributed by atoms with Crippen LogP contribution in [0.5, 0.6) is 11.5 Å². The molecule has 39 heavy (non-hydrogen) atoms. The van der Waals surface area contributed by atoms with E-state index in [0.717, 1.165) is 5.56 Å². The van der Waals surface area contributed by atoms with Crippen LogP contribution in [0.25, 0.3) is 0 Å². The fourth-order valence-electron chi connectivity index (χ4n) is 3.46. The highest BCUT2D eigenvalue weighted by atomic mass is 35.5. The molecule has 0 spiro atoms. The topological polar surface area (TPSA) is 137 Å². The van der Waals surface area contributed by atoms with Crippen LogP contribution in [0.2, 0.25) is 5.02 Å². The molecule has 0 aliphatic carbocycles. The molecule has 0 aliphatic rings. The van der Waals surface area contributed by atoms with E-state index in [1.54, 1.807) is 54.5 Å². The molecule has 2 rings (SSSR count). The Hall–Kier alpha value is -3.89. The van der Waals surface area contributed by atoms with Crippen LogP contribution in [0.1, 0.15) is 35.7 Å². The molecule has 11 heteroatoms. The Morgan fingerprint density at radius 2 is 1.82 bits per heavy atom. The summed E-state index contributed by atoms with van der Waals surface area (Å²) < 4.78 is 15.6. The molecule has 0 heterocycles. The van der Waals surface area contributed by atoms with Gasteiger partial charge in [-0.3, -0.25) is 14.4 Å². The number of carbonyl (C=O) groups is 4. The Balaban J connectivity index is 2.09. The van der Waals surface area contributed by atoms with Crippen molar-refractivity contribution in [1.29, 1.82) is 0 Å². The van der Waals surface area contributed by atoms with E-state index < -0.39 is 24.0 Å². The third-order valence-corrected chi connectivity index (χ3v) is 5.91. The minimum Gasteiger partial charge on any atom is -0.497 e. The van der Waals surface area contributed by atoms with Crippen molar-refractivity contribution in [2.24, 2.45) is 5.73 Å². The fourth-order valence-corrected chi connectivity index (χ4v) is 3.63. The molecule has 2 aromatic rings. The Morgan fingerprint density at radius 3 is 2.44 bits per heavy atom. The maximum Gasteiger partial charge on any atom is 0.328 e. The SMILES string of the molecule is COC(=O)C(CCC(=O)N(CC=CCOc1cc(Cl)ccc1C=O)Cc1ccc(OC)cc1)NC(=O)C(C)N. The van der Waals surface area contributed by atoms with Crippen LogP contribution in [-0.2, 0) is 25.7 Å². The lowest BCUT2D eigenvalue weighted by Gasteiger charge is -2.23. The molecule has 2 unspecified atom stereocenters. The van der Waals surface area contributed by atoms with Gasteiger partial charge >= 0.3 is 5.97 Å². The van der Waals surface area contributed by atoms with E-state index >= 15 is 0 Å². The summed E-state index contributed by atoms with van der Waals surface area (Å²) in [5, 5.41) is 2.97. The van der Waals surface area contributed by atoms with E-state index in [9.17, 15) is 19.2 Å². The maximum absolute atomic E-state index is 13.2. The smallest absolute Gasteiger partial charge is 0.328 e. The second kappa shape index (κ2) is 16.2. The van der Waals surface area contributed by atoms with Crippen LogP contribution in [0.4, 0.5) is 0 Å². The summed E-state index contributed by atoms with van der Waals surface area (Å²) in [5.74, 6) is -0.371. The Bertz CT molecular complexity index is 1150. The molecule has 0 saturated carbocycles. The highest BCUT2D eigenvalue weighted by Gasteiger charge is 2.25. The minimum absolute atomic E-state index is 0.0231. The molecule has 2 aromatic carbocycles. The van der Waals surface area contributed by atoms with E-state index in [-0.39, 0.29) is 31.9 Å². The number of nitrogens with one attached hydrogen (secondary N) is 1. The highest BCUT2D eigenvalue weighted by molar-refractivity contribution is 6.30. The molecule has 0 aromatic heterocycles. The minimum atomic E-state index is -1.01. The fraction of sp³-hybridized carbons (Fsp3) is 0.357. The summed E-state index contributed by atoms with van der Waals surface area (Å²) >= 11 is 5.99. The number of methoxy groups -OCH3 is 2. The number of aldehydes is 1. The number of carbonyl (C=O) groups excluding carboxylic acids is 4. The molecule has 10 nitrogen and oxygen atoms in total. The summed E-state index contributed by atoms with van der Waals surface area (Å²) in [6.45, 7) is 2.19. The maximum atomic E-state index is 13.2. The van der Waals surface area contributed by atoms with E-state index in [1.165, 1.54) is 14.0 Å². The van der Waals surface area contributed by atoms with Gasteiger partial charge in [0.15, 0.2) is 6.29 Å². The van der Waals surface area contributed by atoms with Gasteiger partial charge in [0.25, 0.3) is 0 Å². The van der Waals surface area contributed by atoms with Crippen molar-refractivity contribution in [1.82, 2.24) is 10.2 Å². The summed E-state index contributed by atoms with van der Waals surface area (Å²) in [7, 11) is 2.78. The second-order valence-electron chi connectivity index (χ2n) is 8.62. The van der Waals surface area contributed by atoms with E-state index in [4.69, 9.17) is 31.5 Å². The standard InChI is InChI=1S/C28H34ClN3O7/c1-19(30)27(35)31-24(28(36)38-3)12-13-26(34)32(17-20-6-10-23(37-2)11-7-20)14-4-5-15-39-25-16-22(29)9-8-21(25)18-33/h4-11,16,18-19,24H,12-15,17,30H2,1-3H3,(H,31,35). The third kappa shape index (κ3) is 10.4. The third-order valence-electron chi connectivity index (χ3n) is 5.68. The number of hydrogen-bond donors (Lipinski definition) is 2. The van der Waals surface area contributed by atoms with Crippen molar-refractivity contribution >= 4 is 35.7 Å².